The summed E-state index contributed by atoms with van der Waals surface area (Å²) in [5.74, 6) is 0. The van der Waals surface area contributed by atoms with Crippen molar-refractivity contribution in [2.45, 2.75) is 20.8 Å². The van der Waals surface area contributed by atoms with Crippen LogP contribution in [0.5, 0.6) is 0 Å². The summed E-state index contributed by atoms with van der Waals surface area (Å²) in [5.41, 5.74) is 15.3. The molecule has 0 saturated heterocycles. The molecule has 1 nitrogen and oxygen atoms in total. The molecule has 1 aliphatic rings. The Morgan fingerprint density at radius 3 is 1.64 bits per heavy atom. The van der Waals surface area contributed by atoms with Gasteiger partial charge in [0, 0.05) is 17.1 Å². The number of nitrogens with zero attached hydrogens (tertiary/aromatic N) is 1. The third kappa shape index (κ3) is 4.01. The Morgan fingerprint density at radius 2 is 0.952 bits per heavy atom. The molecule has 0 amide bonds. The zero-order valence-electron chi connectivity index (χ0n) is 24.1. The maximum Gasteiger partial charge on any atom is 0.0493 e. The van der Waals surface area contributed by atoms with Crippen LogP contribution in [0.25, 0.3) is 54.9 Å². The first kappa shape index (κ1) is 24.6. The van der Waals surface area contributed by atoms with Gasteiger partial charge in [0.15, 0.2) is 0 Å². The van der Waals surface area contributed by atoms with Crippen LogP contribution >= 0.6 is 0 Å². The summed E-state index contributed by atoms with van der Waals surface area (Å²) in [5, 5.41) is 5.11. The Kier molecular flexibility index (Phi) is 5.55. The van der Waals surface area contributed by atoms with Crippen molar-refractivity contribution in [2.24, 2.45) is 0 Å². The molecule has 0 fully saturated rings. The molecule has 0 spiro atoms. The van der Waals surface area contributed by atoms with Gasteiger partial charge >= 0.3 is 0 Å². The maximum atomic E-state index is 2.40. The number of benzene rings is 7. The minimum Gasteiger partial charge on any atom is -0.310 e. The molecule has 200 valence electrons. The van der Waals surface area contributed by atoms with Gasteiger partial charge in [-0.25, -0.2) is 0 Å². The van der Waals surface area contributed by atoms with Crippen molar-refractivity contribution in [1.82, 2.24) is 0 Å². The number of hydrogen-bond acceptors (Lipinski definition) is 1. The molecule has 0 heterocycles. The Hall–Kier alpha value is -5.14. The minimum absolute atomic E-state index is 1.17. The second-order valence-corrected chi connectivity index (χ2v) is 11.7. The summed E-state index contributed by atoms with van der Waals surface area (Å²) >= 11 is 0. The van der Waals surface area contributed by atoms with E-state index in [0.29, 0.717) is 0 Å². The highest BCUT2D eigenvalue weighted by atomic mass is 15.1. The lowest BCUT2D eigenvalue weighted by Gasteiger charge is -2.29. The smallest absolute Gasteiger partial charge is 0.0493 e. The topological polar surface area (TPSA) is 3.24 Å². The Morgan fingerprint density at radius 1 is 0.381 bits per heavy atom. The van der Waals surface area contributed by atoms with Crippen molar-refractivity contribution in [3.8, 4) is 33.4 Å². The molecule has 0 saturated carbocycles. The third-order valence-corrected chi connectivity index (χ3v) is 8.78. The molecule has 0 aliphatic heterocycles. The molecular weight excluding hydrogens is 506 g/mol. The standard InChI is InChI=1S/C41H31N/c1-26-10-16-35(17-11-26)42(41-19-27(2)9-12-28(41)3)36-18-15-32-23-38-39-24-33-20-30(29-7-5-4-6-8-29)13-14-31(33)22-37(39)40(38)25-34(32)21-36/h4-25H,1-3H3. The first-order valence-corrected chi connectivity index (χ1v) is 14.7. The largest absolute Gasteiger partial charge is 0.310 e. The predicted octanol–water partition coefficient (Wildman–Crippen LogP) is 11.7. The fourth-order valence-corrected chi connectivity index (χ4v) is 6.44. The number of fused-ring (bicyclic) bond motifs is 6. The van der Waals surface area contributed by atoms with E-state index in [9.17, 15) is 0 Å². The van der Waals surface area contributed by atoms with Crippen LogP contribution in [0, 0.1) is 20.8 Å². The molecule has 8 rings (SSSR count). The van der Waals surface area contributed by atoms with Crippen molar-refractivity contribution < 1.29 is 0 Å². The van der Waals surface area contributed by atoms with Crippen LogP contribution in [0.4, 0.5) is 17.1 Å². The molecule has 0 bridgehead atoms. The fourth-order valence-electron chi connectivity index (χ4n) is 6.44. The van der Waals surface area contributed by atoms with Crippen molar-refractivity contribution >= 4 is 38.6 Å². The zero-order valence-corrected chi connectivity index (χ0v) is 24.1. The maximum absolute atomic E-state index is 2.40. The van der Waals surface area contributed by atoms with E-state index < -0.39 is 0 Å². The van der Waals surface area contributed by atoms with E-state index >= 15 is 0 Å². The monoisotopic (exact) mass is 537 g/mol. The van der Waals surface area contributed by atoms with Crippen LogP contribution in [0.1, 0.15) is 16.7 Å². The van der Waals surface area contributed by atoms with Crippen molar-refractivity contribution in [1.29, 1.82) is 0 Å². The summed E-state index contributed by atoms with van der Waals surface area (Å²) < 4.78 is 0. The van der Waals surface area contributed by atoms with Crippen LogP contribution in [0.2, 0.25) is 0 Å². The fraction of sp³-hybridized carbons (Fsp3) is 0.0732. The average Bonchev–Trinajstić information content (AvgIpc) is 3.02. The molecule has 1 heteroatoms. The molecule has 0 aromatic heterocycles. The van der Waals surface area contributed by atoms with Crippen molar-refractivity contribution in [3.05, 3.63) is 150 Å². The van der Waals surface area contributed by atoms with Gasteiger partial charge in [0.1, 0.15) is 0 Å². The molecule has 1 aliphatic carbocycles. The lowest BCUT2D eigenvalue weighted by Crippen LogP contribution is -2.11. The Bertz CT molecular complexity index is 2150. The van der Waals surface area contributed by atoms with E-state index in [1.54, 1.807) is 0 Å². The van der Waals surface area contributed by atoms with E-state index in [4.69, 9.17) is 0 Å². The quantitative estimate of drug-likeness (QED) is 0.216. The normalized spacial score (nSPS) is 11.7. The molecule has 7 aromatic carbocycles. The summed E-state index contributed by atoms with van der Waals surface area (Å²) in [7, 11) is 0. The van der Waals surface area contributed by atoms with Gasteiger partial charge in [0.2, 0.25) is 0 Å². The number of aryl methyl sites for hydroxylation is 3. The highest BCUT2D eigenvalue weighted by molar-refractivity contribution is 6.12. The first-order chi connectivity index (χ1) is 20.5. The van der Waals surface area contributed by atoms with E-state index in [1.807, 2.05) is 0 Å². The van der Waals surface area contributed by atoms with Gasteiger partial charge in [-0.2, -0.15) is 0 Å². The van der Waals surface area contributed by atoms with E-state index in [2.05, 4.69) is 159 Å². The van der Waals surface area contributed by atoms with Gasteiger partial charge < -0.3 is 4.90 Å². The predicted molar refractivity (Wildman–Crippen MR) is 180 cm³/mol. The molecule has 7 aromatic rings. The molecule has 0 N–H and O–H groups in total. The second kappa shape index (κ2) is 9.46. The number of anilines is 3. The van der Waals surface area contributed by atoms with Crippen LogP contribution in [0.15, 0.2) is 133 Å². The molecule has 0 unspecified atom stereocenters. The van der Waals surface area contributed by atoms with Crippen LogP contribution < -0.4 is 4.90 Å². The van der Waals surface area contributed by atoms with Gasteiger partial charge in [-0.15, -0.1) is 0 Å². The lowest BCUT2D eigenvalue weighted by molar-refractivity contribution is 1.24. The van der Waals surface area contributed by atoms with Gasteiger partial charge in [0.25, 0.3) is 0 Å². The van der Waals surface area contributed by atoms with Crippen LogP contribution in [-0.4, -0.2) is 0 Å². The van der Waals surface area contributed by atoms with E-state index in [1.165, 1.54) is 88.7 Å². The highest BCUT2D eigenvalue weighted by Crippen LogP contribution is 2.51. The summed E-state index contributed by atoms with van der Waals surface area (Å²) in [4.78, 5) is 2.40. The van der Waals surface area contributed by atoms with E-state index in [0.717, 1.165) is 0 Å². The zero-order chi connectivity index (χ0) is 28.4. The first-order valence-electron chi connectivity index (χ1n) is 14.7. The van der Waals surface area contributed by atoms with Crippen LogP contribution in [0.3, 0.4) is 0 Å². The van der Waals surface area contributed by atoms with Gasteiger partial charge in [-0.05, 0) is 147 Å². The molecule has 0 atom stereocenters. The summed E-state index contributed by atoms with van der Waals surface area (Å²) in [6.45, 7) is 6.51. The van der Waals surface area contributed by atoms with Crippen molar-refractivity contribution in [2.75, 3.05) is 4.90 Å². The summed E-state index contributed by atoms with van der Waals surface area (Å²) in [6.07, 6.45) is 0. The molecular formula is C41H31N. The van der Waals surface area contributed by atoms with Gasteiger partial charge in [-0.3, -0.25) is 0 Å². The van der Waals surface area contributed by atoms with Gasteiger partial charge in [0.05, 0.1) is 0 Å². The number of rotatable bonds is 4. The number of hydrogen-bond donors (Lipinski definition) is 0. The van der Waals surface area contributed by atoms with Gasteiger partial charge in [-0.1, -0.05) is 78.4 Å². The average molecular weight is 538 g/mol. The van der Waals surface area contributed by atoms with Crippen molar-refractivity contribution in [3.63, 3.8) is 0 Å². The Balaban J connectivity index is 1.23. The van der Waals surface area contributed by atoms with E-state index in [-0.39, 0.29) is 0 Å². The summed E-state index contributed by atoms with van der Waals surface area (Å²) in [6, 6.07) is 49.4. The minimum atomic E-state index is 1.17. The molecule has 0 radical (unpaired) electrons. The Labute approximate surface area is 247 Å². The third-order valence-electron chi connectivity index (χ3n) is 8.78. The van der Waals surface area contributed by atoms with Crippen LogP contribution in [-0.2, 0) is 0 Å². The highest BCUT2D eigenvalue weighted by Gasteiger charge is 2.24. The SMILES string of the molecule is Cc1ccc(N(c2ccc3cc4c(cc3c2)-c2cc3ccc(-c5ccccc5)cc3cc2-4)c2cc(C)ccc2C)cc1. The molecule has 42 heavy (non-hydrogen) atoms. The second-order valence-electron chi connectivity index (χ2n) is 11.7. The lowest BCUT2D eigenvalue weighted by atomic mass is 9.77.